The van der Waals surface area contributed by atoms with Crippen molar-refractivity contribution in [1.29, 1.82) is 0 Å². The van der Waals surface area contributed by atoms with Crippen LogP contribution in [0.15, 0.2) is 84.9 Å². The van der Waals surface area contributed by atoms with Crippen molar-refractivity contribution in [3.05, 3.63) is 108 Å². The van der Waals surface area contributed by atoms with Crippen molar-refractivity contribution in [2.45, 2.75) is 74.5 Å². The number of ether oxygens (including phenoxy) is 4. The standard InChI is InChI=1S/C30H38FN5O2.C27H33FN4O2/c1-34(15-16-35-17-19-38-20-18-35)23-7-8-26-25(21-23)28(33-29(32-26)30(31)11-12-30)36-13-9-22(10-14-36)24-5-3-4-6-27(24)37-2;1-31(16-17-33-2)20-8-9-23-22(18-20)25(30-26(29-23)27(28)12-13-27)32-14-10-19(11-15-32)21-6-4-5-7-24(21)34-3/h3-8,21-22H,9-20H2,1-2H3;4-9,18-19H,10-17H2,1-3H3. The summed E-state index contributed by atoms with van der Waals surface area (Å²) < 4.78 is 52.2. The van der Waals surface area contributed by atoms with Crippen molar-refractivity contribution in [1.82, 2.24) is 24.8 Å². The zero-order valence-electron chi connectivity index (χ0n) is 42.8. The Balaban J connectivity index is 0.000000167. The van der Waals surface area contributed by atoms with Crippen LogP contribution >= 0.6 is 0 Å². The van der Waals surface area contributed by atoms with Crippen LogP contribution < -0.4 is 29.1 Å². The van der Waals surface area contributed by atoms with Crippen LogP contribution in [-0.4, -0.2) is 139 Å². The van der Waals surface area contributed by atoms with Crippen molar-refractivity contribution in [3.8, 4) is 11.5 Å². The molecule has 0 radical (unpaired) electrons. The summed E-state index contributed by atoms with van der Waals surface area (Å²) in [7, 11) is 9.36. The molecule has 0 spiro atoms. The summed E-state index contributed by atoms with van der Waals surface area (Å²) in [5, 5.41) is 1.98. The second-order valence-electron chi connectivity index (χ2n) is 20.4. The largest absolute Gasteiger partial charge is 0.496 e. The SMILES string of the molecule is COCCN(C)c1ccc2nc(C3(F)CC3)nc(N3CCC(c4ccccc4OC)CC3)c2c1.COc1ccccc1C1CCN(c2nc(C3(F)CC3)nc3ccc(N(C)CCN4CCOCC4)cc23)CC1. The van der Waals surface area contributed by atoms with Gasteiger partial charge in [-0.25, -0.2) is 28.7 Å². The van der Waals surface area contributed by atoms with Crippen molar-refractivity contribution in [3.63, 3.8) is 0 Å². The van der Waals surface area contributed by atoms with Gasteiger partial charge in [-0.3, -0.25) is 4.90 Å². The molecule has 5 fully saturated rings. The van der Waals surface area contributed by atoms with Crippen LogP contribution in [0.5, 0.6) is 11.5 Å². The molecule has 3 aliphatic heterocycles. The zero-order chi connectivity index (χ0) is 49.8. The van der Waals surface area contributed by atoms with E-state index < -0.39 is 11.3 Å². The maximum absolute atomic E-state index is 15.2. The van der Waals surface area contributed by atoms with E-state index in [-0.39, 0.29) is 0 Å². The molecule has 0 amide bonds. The first-order valence-electron chi connectivity index (χ1n) is 26.1. The lowest BCUT2D eigenvalue weighted by atomic mass is 9.88. The highest BCUT2D eigenvalue weighted by Gasteiger charge is 2.49. The fraction of sp³-hybridized carbons (Fsp3) is 0.509. The summed E-state index contributed by atoms with van der Waals surface area (Å²) in [6.07, 6.45) is 6.02. The van der Waals surface area contributed by atoms with Gasteiger partial charge in [0.1, 0.15) is 23.1 Å². The van der Waals surface area contributed by atoms with Gasteiger partial charge in [0.2, 0.25) is 0 Å². The average Bonchev–Trinajstić information content (AvgIpc) is 4.38. The molecule has 15 heteroatoms. The second-order valence-corrected chi connectivity index (χ2v) is 20.4. The Morgan fingerprint density at radius 2 is 1.03 bits per heavy atom. The minimum atomic E-state index is -1.37. The van der Waals surface area contributed by atoms with Crippen LogP contribution in [0.3, 0.4) is 0 Å². The number of benzene rings is 4. The quantitative estimate of drug-likeness (QED) is 0.0921. The Labute approximate surface area is 423 Å². The van der Waals surface area contributed by atoms with E-state index in [9.17, 15) is 0 Å². The van der Waals surface area contributed by atoms with Crippen LogP contribution in [0.1, 0.15) is 86.0 Å². The number of likely N-dealkylation sites (N-methyl/N-ethyl adjacent to an activating group) is 2. The molecule has 3 saturated heterocycles. The first-order valence-corrected chi connectivity index (χ1v) is 26.1. The van der Waals surface area contributed by atoms with Crippen LogP contribution in [0.25, 0.3) is 21.8 Å². The number of rotatable bonds is 16. The third-order valence-electron chi connectivity index (χ3n) is 15.6. The van der Waals surface area contributed by atoms with Gasteiger partial charge in [0.25, 0.3) is 0 Å². The van der Waals surface area contributed by atoms with Crippen LogP contribution in [0.4, 0.5) is 31.8 Å². The van der Waals surface area contributed by atoms with E-state index >= 15 is 8.78 Å². The number of halogens is 2. The van der Waals surface area contributed by atoms with E-state index in [4.69, 9.17) is 33.9 Å². The molecule has 0 bridgehead atoms. The Morgan fingerprint density at radius 1 is 0.583 bits per heavy atom. The summed E-state index contributed by atoms with van der Waals surface area (Å²) in [4.78, 5) is 30.6. The molecule has 0 N–H and O–H groups in total. The number of piperidine rings is 2. The van der Waals surface area contributed by atoms with Crippen molar-refractivity contribution in [2.75, 3.05) is 134 Å². The Kier molecular flexibility index (Phi) is 14.9. The van der Waals surface area contributed by atoms with Gasteiger partial charge < -0.3 is 38.5 Å². The van der Waals surface area contributed by atoms with Gasteiger partial charge in [0.05, 0.1) is 45.1 Å². The molecule has 5 heterocycles. The molecule has 6 aromatic rings. The summed E-state index contributed by atoms with van der Waals surface area (Å²) >= 11 is 0. The number of morpholine rings is 1. The number of fused-ring (bicyclic) bond motifs is 2. The molecule has 4 aromatic carbocycles. The third kappa shape index (κ3) is 10.9. The highest BCUT2D eigenvalue weighted by molar-refractivity contribution is 5.93. The summed E-state index contributed by atoms with van der Waals surface area (Å²) in [5.41, 5.74) is 3.64. The number of aromatic nitrogens is 4. The zero-order valence-corrected chi connectivity index (χ0v) is 42.8. The first-order chi connectivity index (χ1) is 35.1. The Bertz CT molecular complexity index is 2810. The fourth-order valence-electron chi connectivity index (χ4n) is 10.6. The molecule has 2 aromatic heterocycles. The minimum Gasteiger partial charge on any atom is -0.496 e. The van der Waals surface area contributed by atoms with Gasteiger partial charge in [-0.1, -0.05) is 36.4 Å². The lowest BCUT2D eigenvalue weighted by Crippen LogP contribution is -2.40. The number of methoxy groups -OCH3 is 3. The minimum absolute atomic E-state index is 0.335. The van der Waals surface area contributed by atoms with Gasteiger partial charge in [0.15, 0.2) is 23.0 Å². The predicted octanol–water partition coefficient (Wildman–Crippen LogP) is 9.81. The maximum atomic E-state index is 15.2. The smallest absolute Gasteiger partial charge is 0.170 e. The lowest BCUT2D eigenvalue weighted by molar-refractivity contribution is 0.0393. The van der Waals surface area contributed by atoms with Gasteiger partial charge in [-0.15, -0.1) is 0 Å². The lowest BCUT2D eigenvalue weighted by Gasteiger charge is -2.34. The third-order valence-corrected chi connectivity index (χ3v) is 15.6. The molecule has 2 aliphatic carbocycles. The first kappa shape index (κ1) is 49.7. The number of alkyl halides is 2. The number of nitrogens with zero attached hydrogens (tertiary/aromatic N) is 9. The molecular formula is C57H71F2N9O4. The molecule has 13 nitrogen and oxygen atoms in total. The number of para-hydroxylation sites is 2. The van der Waals surface area contributed by atoms with Crippen molar-refractivity contribution in [2.24, 2.45) is 0 Å². The Morgan fingerprint density at radius 3 is 1.46 bits per heavy atom. The van der Waals surface area contributed by atoms with Gasteiger partial charge in [-0.05, 0) is 123 Å². The summed E-state index contributed by atoms with van der Waals surface area (Å²) in [5.74, 6) is 5.19. The average molecular weight is 984 g/mol. The predicted molar refractivity (Wildman–Crippen MR) is 283 cm³/mol. The van der Waals surface area contributed by atoms with Crippen LogP contribution in [-0.2, 0) is 20.8 Å². The second kappa shape index (κ2) is 21.7. The van der Waals surface area contributed by atoms with E-state index in [0.717, 1.165) is 154 Å². The van der Waals surface area contributed by atoms with Gasteiger partial charge in [-0.2, -0.15) is 0 Å². The Hall–Kier alpha value is -5.90. The fourth-order valence-corrected chi connectivity index (χ4v) is 10.6. The van der Waals surface area contributed by atoms with E-state index in [1.807, 2.05) is 42.5 Å². The van der Waals surface area contributed by atoms with E-state index in [2.05, 4.69) is 86.0 Å². The van der Waals surface area contributed by atoms with E-state index in [0.29, 0.717) is 55.8 Å². The molecule has 0 atom stereocenters. The number of anilines is 4. The van der Waals surface area contributed by atoms with Crippen molar-refractivity contribution >= 4 is 44.8 Å². The molecule has 72 heavy (non-hydrogen) atoms. The van der Waals surface area contributed by atoms with Crippen LogP contribution in [0, 0.1) is 0 Å². The van der Waals surface area contributed by atoms with Gasteiger partial charge >= 0.3 is 0 Å². The summed E-state index contributed by atoms with van der Waals surface area (Å²) in [6, 6.07) is 29.1. The van der Waals surface area contributed by atoms with Gasteiger partial charge in [0, 0.05) is 102 Å². The molecule has 382 valence electrons. The highest BCUT2D eigenvalue weighted by Crippen LogP contribution is 2.50. The number of hydrogen-bond donors (Lipinski definition) is 0. The molecule has 0 unspecified atom stereocenters. The maximum Gasteiger partial charge on any atom is 0.170 e. The topological polar surface area (TPSA) is 105 Å². The monoisotopic (exact) mass is 984 g/mol. The number of hydrogen-bond acceptors (Lipinski definition) is 13. The highest BCUT2D eigenvalue weighted by atomic mass is 19.1. The normalized spacial score (nSPS) is 18.9. The molecule has 2 saturated carbocycles. The van der Waals surface area contributed by atoms with Crippen molar-refractivity contribution < 1.29 is 27.7 Å². The van der Waals surface area contributed by atoms with Crippen LogP contribution in [0.2, 0.25) is 0 Å². The summed E-state index contributed by atoms with van der Waals surface area (Å²) in [6.45, 7) is 10.4. The van der Waals surface area contributed by atoms with E-state index in [1.165, 1.54) is 11.1 Å². The molecular weight excluding hydrogens is 913 g/mol. The molecule has 5 aliphatic rings. The molecule has 11 rings (SSSR count). The van der Waals surface area contributed by atoms with E-state index in [1.54, 1.807) is 21.3 Å².